The molecule has 1 aromatic rings. The number of likely N-dealkylation sites (tertiary alicyclic amines) is 1. The van der Waals surface area contributed by atoms with Gasteiger partial charge >= 0.3 is 0 Å². The molecule has 1 aliphatic heterocycles. The largest absolute Gasteiger partial charge is 0.306 e. The van der Waals surface area contributed by atoms with Gasteiger partial charge in [0.15, 0.2) is 5.78 Å². The summed E-state index contributed by atoms with van der Waals surface area (Å²) in [6.07, 6.45) is 2.97. The van der Waals surface area contributed by atoms with Crippen LogP contribution in [0.3, 0.4) is 0 Å². The second kappa shape index (κ2) is 7.21. The lowest BCUT2D eigenvalue weighted by molar-refractivity contribution is 0.0939. The zero-order valence-corrected chi connectivity index (χ0v) is 13.1. The maximum Gasteiger partial charge on any atom is 0.164 e. The van der Waals surface area contributed by atoms with Crippen molar-refractivity contribution in [2.75, 3.05) is 33.7 Å². The van der Waals surface area contributed by atoms with Crippen LogP contribution in [0.4, 0.5) is 0 Å². The molecule has 0 N–H and O–H groups in total. The second-order valence-electron chi connectivity index (χ2n) is 5.70. The van der Waals surface area contributed by atoms with Crippen LogP contribution in [0.25, 0.3) is 0 Å². The molecule has 2 rings (SSSR count). The van der Waals surface area contributed by atoms with E-state index in [0.717, 1.165) is 25.2 Å². The molecule has 0 unspecified atom stereocenters. The lowest BCUT2D eigenvalue weighted by atomic mass is 10.0. The molecule has 1 saturated heterocycles. The number of benzene rings is 1. The summed E-state index contributed by atoms with van der Waals surface area (Å²) in [4.78, 5) is 16.8. The third-order valence-electron chi connectivity index (χ3n) is 4.17. The van der Waals surface area contributed by atoms with Gasteiger partial charge in [0.25, 0.3) is 0 Å². The number of halogens is 1. The molecular weight excluding hydrogens is 272 g/mol. The van der Waals surface area contributed by atoms with Crippen LogP contribution < -0.4 is 0 Å². The number of hydrogen-bond acceptors (Lipinski definition) is 3. The lowest BCUT2D eigenvalue weighted by Gasteiger charge is -2.35. The molecule has 0 saturated carbocycles. The van der Waals surface area contributed by atoms with Gasteiger partial charge in [-0.3, -0.25) is 4.79 Å². The number of hydrogen-bond donors (Lipinski definition) is 0. The Morgan fingerprint density at radius 2 is 1.90 bits per heavy atom. The number of Topliss-reactive ketones (excluding diaryl/α,β-unsaturated/α-hetero) is 1. The number of nitrogens with zero attached hydrogens (tertiary/aromatic N) is 2. The van der Waals surface area contributed by atoms with Crippen LogP contribution in [0.1, 0.15) is 29.6 Å². The van der Waals surface area contributed by atoms with Crippen LogP contribution in [-0.2, 0) is 0 Å². The van der Waals surface area contributed by atoms with E-state index in [-0.39, 0.29) is 5.78 Å². The van der Waals surface area contributed by atoms with Crippen molar-refractivity contribution in [1.82, 2.24) is 9.80 Å². The van der Waals surface area contributed by atoms with Crippen LogP contribution in [0.15, 0.2) is 24.3 Å². The van der Waals surface area contributed by atoms with Crippen molar-refractivity contribution in [3.05, 3.63) is 34.9 Å². The zero-order valence-electron chi connectivity index (χ0n) is 12.3. The first-order valence-corrected chi connectivity index (χ1v) is 7.61. The Bertz CT molecular complexity index is 438. The van der Waals surface area contributed by atoms with Gasteiger partial charge in [0.05, 0.1) is 0 Å². The predicted molar refractivity (Wildman–Crippen MR) is 83.5 cm³/mol. The maximum atomic E-state index is 12.1. The van der Waals surface area contributed by atoms with E-state index in [2.05, 4.69) is 23.9 Å². The standard InChI is InChI=1S/C16H23ClN2O/c1-18-10-7-15(8-11-18)19(2)12-9-16(20)13-3-5-14(17)6-4-13/h3-6,15H,7-12H2,1-2H3. The fourth-order valence-electron chi connectivity index (χ4n) is 2.68. The van der Waals surface area contributed by atoms with Gasteiger partial charge in [0, 0.05) is 29.6 Å². The number of rotatable bonds is 5. The highest BCUT2D eigenvalue weighted by Gasteiger charge is 2.20. The minimum absolute atomic E-state index is 0.196. The molecular formula is C16H23ClN2O. The minimum atomic E-state index is 0.196. The fourth-order valence-corrected chi connectivity index (χ4v) is 2.80. The Hall–Kier alpha value is -0.900. The minimum Gasteiger partial charge on any atom is -0.306 e. The van der Waals surface area contributed by atoms with Crippen molar-refractivity contribution in [1.29, 1.82) is 0 Å². The van der Waals surface area contributed by atoms with Crippen molar-refractivity contribution >= 4 is 17.4 Å². The molecule has 0 aromatic heterocycles. The van der Waals surface area contributed by atoms with E-state index < -0.39 is 0 Å². The number of carbonyl (C=O) groups excluding carboxylic acids is 1. The Balaban J connectivity index is 1.79. The van der Waals surface area contributed by atoms with E-state index in [1.54, 1.807) is 24.3 Å². The molecule has 0 bridgehead atoms. The summed E-state index contributed by atoms with van der Waals surface area (Å²) >= 11 is 5.83. The Kier molecular flexibility index (Phi) is 5.58. The van der Waals surface area contributed by atoms with Crippen molar-refractivity contribution in [3.63, 3.8) is 0 Å². The van der Waals surface area contributed by atoms with Crippen molar-refractivity contribution in [3.8, 4) is 0 Å². The first kappa shape index (κ1) is 15.5. The Morgan fingerprint density at radius 1 is 1.30 bits per heavy atom. The summed E-state index contributed by atoms with van der Waals surface area (Å²) in [7, 11) is 4.30. The van der Waals surface area contributed by atoms with E-state index in [1.165, 1.54) is 12.8 Å². The Labute approximate surface area is 126 Å². The highest BCUT2D eigenvalue weighted by Crippen LogP contribution is 2.15. The van der Waals surface area contributed by atoms with Gasteiger partial charge in [0.2, 0.25) is 0 Å². The third kappa shape index (κ3) is 4.30. The molecule has 0 aliphatic carbocycles. The van der Waals surface area contributed by atoms with E-state index >= 15 is 0 Å². The lowest BCUT2D eigenvalue weighted by Crippen LogP contribution is -2.42. The van der Waals surface area contributed by atoms with Crippen LogP contribution in [-0.4, -0.2) is 55.4 Å². The van der Waals surface area contributed by atoms with Gasteiger partial charge in [0.1, 0.15) is 0 Å². The van der Waals surface area contributed by atoms with Crippen LogP contribution in [0.5, 0.6) is 0 Å². The highest BCUT2D eigenvalue weighted by molar-refractivity contribution is 6.30. The molecule has 0 spiro atoms. The topological polar surface area (TPSA) is 23.6 Å². The summed E-state index contributed by atoms with van der Waals surface area (Å²) in [5.74, 6) is 0.196. The molecule has 1 heterocycles. The second-order valence-corrected chi connectivity index (χ2v) is 6.13. The molecule has 0 amide bonds. The summed E-state index contributed by atoms with van der Waals surface area (Å²) < 4.78 is 0. The summed E-state index contributed by atoms with van der Waals surface area (Å²) in [6, 6.07) is 7.77. The number of ketones is 1. The van der Waals surface area contributed by atoms with Gasteiger partial charge in [-0.25, -0.2) is 0 Å². The molecule has 1 aliphatic rings. The summed E-state index contributed by atoms with van der Waals surface area (Å²) in [5.41, 5.74) is 0.756. The first-order chi connectivity index (χ1) is 9.56. The van der Waals surface area contributed by atoms with Crippen LogP contribution >= 0.6 is 11.6 Å². The quantitative estimate of drug-likeness (QED) is 0.780. The molecule has 3 nitrogen and oxygen atoms in total. The zero-order chi connectivity index (χ0) is 14.5. The highest BCUT2D eigenvalue weighted by atomic mass is 35.5. The van der Waals surface area contributed by atoms with Gasteiger partial charge < -0.3 is 9.80 Å². The van der Waals surface area contributed by atoms with Crippen molar-refractivity contribution in [2.45, 2.75) is 25.3 Å². The first-order valence-electron chi connectivity index (χ1n) is 7.24. The van der Waals surface area contributed by atoms with Gasteiger partial charge in [-0.15, -0.1) is 0 Å². The molecule has 4 heteroatoms. The van der Waals surface area contributed by atoms with Gasteiger partial charge in [-0.2, -0.15) is 0 Å². The van der Waals surface area contributed by atoms with Crippen LogP contribution in [0, 0.1) is 0 Å². The molecule has 0 radical (unpaired) electrons. The summed E-state index contributed by atoms with van der Waals surface area (Å²) in [5, 5.41) is 0.671. The normalized spacial score (nSPS) is 17.6. The smallest absolute Gasteiger partial charge is 0.164 e. The monoisotopic (exact) mass is 294 g/mol. The average molecular weight is 295 g/mol. The predicted octanol–water partition coefficient (Wildman–Crippen LogP) is 2.94. The van der Waals surface area contributed by atoms with Crippen molar-refractivity contribution in [2.24, 2.45) is 0 Å². The SMILES string of the molecule is CN1CCC(N(C)CCC(=O)c2ccc(Cl)cc2)CC1. The number of piperidine rings is 1. The van der Waals surface area contributed by atoms with E-state index in [9.17, 15) is 4.79 Å². The van der Waals surface area contributed by atoms with Gasteiger partial charge in [-0.1, -0.05) is 11.6 Å². The molecule has 1 aromatic carbocycles. The van der Waals surface area contributed by atoms with Crippen molar-refractivity contribution < 1.29 is 4.79 Å². The maximum absolute atomic E-state index is 12.1. The third-order valence-corrected chi connectivity index (χ3v) is 4.42. The van der Waals surface area contributed by atoms with E-state index in [0.29, 0.717) is 17.5 Å². The number of carbonyl (C=O) groups is 1. The Morgan fingerprint density at radius 3 is 2.50 bits per heavy atom. The summed E-state index contributed by atoms with van der Waals surface area (Å²) in [6.45, 7) is 3.14. The van der Waals surface area contributed by atoms with E-state index in [4.69, 9.17) is 11.6 Å². The fraction of sp³-hybridized carbons (Fsp3) is 0.562. The molecule has 1 fully saturated rings. The molecule has 0 atom stereocenters. The molecule has 20 heavy (non-hydrogen) atoms. The average Bonchev–Trinajstić information content (AvgIpc) is 2.46. The van der Waals surface area contributed by atoms with E-state index in [1.807, 2.05) is 0 Å². The van der Waals surface area contributed by atoms with Gasteiger partial charge in [-0.05, 0) is 64.3 Å². The van der Waals surface area contributed by atoms with Crippen LogP contribution in [0.2, 0.25) is 5.02 Å². The molecule has 110 valence electrons.